The Morgan fingerprint density at radius 3 is 2.76 bits per heavy atom. The van der Waals surface area contributed by atoms with Crippen molar-refractivity contribution in [2.45, 2.75) is 6.92 Å². The summed E-state index contributed by atoms with van der Waals surface area (Å²) >= 11 is 9.26. The molecule has 1 aromatic heterocycles. The van der Waals surface area contributed by atoms with E-state index in [0.717, 1.165) is 4.47 Å². The van der Waals surface area contributed by atoms with Crippen molar-refractivity contribution in [3.8, 4) is 5.69 Å². The lowest BCUT2D eigenvalue weighted by Crippen LogP contribution is -2.01. The first kappa shape index (κ1) is 12.1. The largest absolute Gasteiger partial charge is 0.476 e. The number of carbonyl (C=O) groups is 1. The summed E-state index contributed by atoms with van der Waals surface area (Å²) in [6, 6.07) is 5.30. The van der Waals surface area contributed by atoms with Crippen LogP contribution in [0, 0.1) is 6.92 Å². The highest BCUT2D eigenvalue weighted by Gasteiger charge is 2.13. The second kappa shape index (κ2) is 4.50. The number of rotatable bonds is 2. The molecule has 0 aliphatic heterocycles. The second-order valence-corrected chi connectivity index (χ2v) is 4.77. The van der Waals surface area contributed by atoms with Crippen molar-refractivity contribution in [2.75, 3.05) is 0 Å². The van der Waals surface area contributed by atoms with E-state index in [1.165, 1.54) is 4.68 Å². The van der Waals surface area contributed by atoms with Crippen LogP contribution in [0.1, 0.15) is 16.1 Å². The van der Waals surface area contributed by atoms with Crippen molar-refractivity contribution in [1.82, 2.24) is 9.78 Å². The highest BCUT2D eigenvalue weighted by atomic mass is 79.9. The topological polar surface area (TPSA) is 55.1 Å². The summed E-state index contributed by atoms with van der Waals surface area (Å²) in [6.45, 7) is 1.70. The van der Waals surface area contributed by atoms with E-state index in [9.17, 15) is 4.79 Å². The molecule has 0 fully saturated rings. The summed E-state index contributed by atoms with van der Waals surface area (Å²) in [4.78, 5) is 10.9. The number of aryl methyl sites for hydroxylation is 1. The van der Waals surface area contributed by atoms with Gasteiger partial charge in [0, 0.05) is 16.2 Å². The SMILES string of the molecule is Cc1cn(-c2ccc(Br)c(Cl)c2)nc1C(=O)O. The zero-order chi connectivity index (χ0) is 12.6. The Morgan fingerprint density at radius 2 is 2.24 bits per heavy atom. The maximum Gasteiger partial charge on any atom is 0.356 e. The predicted molar refractivity (Wildman–Crippen MR) is 68.0 cm³/mol. The monoisotopic (exact) mass is 314 g/mol. The van der Waals surface area contributed by atoms with E-state index in [1.807, 2.05) is 0 Å². The molecule has 0 saturated heterocycles. The number of benzene rings is 1. The predicted octanol–water partition coefficient (Wildman–Crippen LogP) is 3.29. The molecule has 0 aliphatic rings. The number of carboxylic acid groups (broad SMARTS) is 1. The number of hydrogen-bond donors (Lipinski definition) is 1. The molecule has 88 valence electrons. The second-order valence-electron chi connectivity index (χ2n) is 3.51. The Bertz CT molecular complexity index is 595. The normalized spacial score (nSPS) is 10.5. The fraction of sp³-hybridized carbons (Fsp3) is 0.0909. The summed E-state index contributed by atoms with van der Waals surface area (Å²) in [5.74, 6) is -1.04. The fourth-order valence-corrected chi connectivity index (χ4v) is 1.85. The minimum absolute atomic E-state index is 0.0454. The first-order valence-electron chi connectivity index (χ1n) is 4.74. The van der Waals surface area contributed by atoms with Crippen molar-refractivity contribution in [2.24, 2.45) is 0 Å². The third kappa shape index (κ3) is 2.35. The average Bonchev–Trinajstić information content (AvgIpc) is 2.64. The van der Waals surface area contributed by atoms with Gasteiger partial charge < -0.3 is 5.11 Å². The number of carboxylic acids is 1. The summed E-state index contributed by atoms with van der Waals surface area (Å²) in [7, 11) is 0. The molecule has 4 nitrogen and oxygen atoms in total. The maximum absolute atomic E-state index is 10.9. The number of halogens is 2. The van der Waals surface area contributed by atoms with Gasteiger partial charge in [-0.25, -0.2) is 9.48 Å². The first-order valence-corrected chi connectivity index (χ1v) is 5.91. The summed E-state index contributed by atoms with van der Waals surface area (Å²) in [6.07, 6.45) is 1.66. The molecule has 2 aromatic rings. The van der Waals surface area contributed by atoms with Crippen molar-refractivity contribution in [1.29, 1.82) is 0 Å². The lowest BCUT2D eigenvalue weighted by Gasteiger charge is -2.02. The van der Waals surface area contributed by atoms with Crippen LogP contribution in [0.25, 0.3) is 5.69 Å². The molecule has 1 heterocycles. The molecule has 0 unspecified atom stereocenters. The lowest BCUT2D eigenvalue weighted by molar-refractivity contribution is 0.0689. The Morgan fingerprint density at radius 1 is 1.53 bits per heavy atom. The van der Waals surface area contributed by atoms with Crippen molar-refractivity contribution < 1.29 is 9.90 Å². The highest BCUT2D eigenvalue weighted by Crippen LogP contribution is 2.25. The molecule has 0 bridgehead atoms. The fourth-order valence-electron chi connectivity index (χ4n) is 1.43. The van der Waals surface area contributed by atoms with E-state index >= 15 is 0 Å². The Kier molecular flexibility index (Phi) is 3.22. The molecular weight excluding hydrogens is 307 g/mol. The molecule has 0 spiro atoms. The molecule has 0 saturated carbocycles. The molecular formula is C11H8BrClN2O2. The van der Waals surface area contributed by atoms with Gasteiger partial charge in [-0.1, -0.05) is 11.6 Å². The van der Waals surface area contributed by atoms with Crippen LogP contribution >= 0.6 is 27.5 Å². The molecule has 0 amide bonds. The third-order valence-corrected chi connectivity index (χ3v) is 3.50. The van der Waals surface area contributed by atoms with Gasteiger partial charge in [0.25, 0.3) is 0 Å². The van der Waals surface area contributed by atoms with Gasteiger partial charge in [0.05, 0.1) is 10.7 Å². The minimum atomic E-state index is -1.04. The first-order chi connectivity index (χ1) is 7.99. The van der Waals surface area contributed by atoms with Gasteiger partial charge in [0.15, 0.2) is 5.69 Å². The maximum atomic E-state index is 10.9. The van der Waals surface area contributed by atoms with Crippen molar-refractivity contribution >= 4 is 33.5 Å². The molecule has 2 rings (SSSR count). The zero-order valence-electron chi connectivity index (χ0n) is 8.82. The van der Waals surface area contributed by atoms with Crippen LogP contribution < -0.4 is 0 Å². The van der Waals surface area contributed by atoms with Crippen LogP contribution in [0.15, 0.2) is 28.9 Å². The van der Waals surface area contributed by atoms with Crippen LogP contribution in [-0.2, 0) is 0 Å². The quantitative estimate of drug-likeness (QED) is 0.925. The Balaban J connectivity index is 2.50. The van der Waals surface area contributed by atoms with Crippen LogP contribution in [0.5, 0.6) is 0 Å². The highest BCUT2D eigenvalue weighted by molar-refractivity contribution is 9.10. The molecule has 17 heavy (non-hydrogen) atoms. The van der Waals surface area contributed by atoms with Gasteiger partial charge in [-0.2, -0.15) is 5.10 Å². The molecule has 6 heteroatoms. The minimum Gasteiger partial charge on any atom is -0.476 e. The Labute approximate surface area is 111 Å². The van der Waals surface area contributed by atoms with Crippen LogP contribution in [0.2, 0.25) is 5.02 Å². The molecule has 0 aliphatic carbocycles. The average molecular weight is 316 g/mol. The van der Waals surface area contributed by atoms with Crippen LogP contribution in [0.3, 0.4) is 0 Å². The van der Waals surface area contributed by atoms with Gasteiger partial charge in [-0.15, -0.1) is 0 Å². The van der Waals surface area contributed by atoms with Gasteiger partial charge in [-0.3, -0.25) is 0 Å². The van der Waals surface area contributed by atoms with E-state index in [0.29, 0.717) is 16.3 Å². The van der Waals surface area contributed by atoms with E-state index in [2.05, 4.69) is 21.0 Å². The van der Waals surface area contributed by atoms with Gasteiger partial charge >= 0.3 is 5.97 Å². The van der Waals surface area contributed by atoms with E-state index < -0.39 is 5.97 Å². The third-order valence-electron chi connectivity index (χ3n) is 2.27. The summed E-state index contributed by atoms with van der Waals surface area (Å²) in [5, 5.41) is 13.5. The molecule has 1 N–H and O–H groups in total. The van der Waals surface area contributed by atoms with Crippen LogP contribution in [-0.4, -0.2) is 20.9 Å². The number of aromatic nitrogens is 2. The number of hydrogen-bond acceptors (Lipinski definition) is 2. The van der Waals surface area contributed by atoms with E-state index in [-0.39, 0.29) is 5.69 Å². The molecule has 0 radical (unpaired) electrons. The number of nitrogens with zero attached hydrogens (tertiary/aromatic N) is 2. The number of aromatic carboxylic acids is 1. The van der Waals surface area contributed by atoms with Gasteiger partial charge in [0.1, 0.15) is 0 Å². The zero-order valence-corrected chi connectivity index (χ0v) is 11.2. The van der Waals surface area contributed by atoms with E-state index in [4.69, 9.17) is 16.7 Å². The molecule has 1 aromatic carbocycles. The van der Waals surface area contributed by atoms with Crippen molar-refractivity contribution in [3.63, 3.8) is 0 Å². The van der Waals surface area contributed by atoms with Crippen molar-refractivity contribution in [3.05, 3.63) is 45.1 Å². The lowest BCUT2D eigenvalue weighted by atomic mass is 10.3. The molecule has 0 atom stereocenters. The summed E-state index contributed by atoms with van der Waals surface area (Å²) in [5.41, 5.74) is 1.37. The van der Waals surface area contributed by atoms with Gasteiger partial charge in [-0.05, 0) is 41.1 Å². The Hall–Kier alpha value is -1.33. The van der Waals surface area contributed by atoms with Crippen LogP contribution in [0.4, 0.5) is 0 Å². The van der Waals surface area contributed by atoms with Gasteiger partial charge in [0.2, 0.25) is 0 Å². The summed E-state index contributed by atoms with van der Waals surface area (Å²) < 4.78 is 2.28. The smallest absolute Gasteiger partial charge is 0.356 e. The standard InChI is InChI=1S/C11H8BrClN2O2/c1-6-5-15(14-10(6)11(16)17)7-2-3-8(12)9(13)4-7/h2-5H,1H3,(H,16,17). The van der Waals surface area contributed by atoms with E-state index in [1.54, 1.807) is 31.3 Å².